The van der Waals surface area contributed by atoms with Crippen LogP contribution in [0, 0.1) is 13.8 Å². The summed E-state index contributed by atoms with van der Waals surface area (Å²) in [6, 6.07) is 8.28. The van der Waals surface area contributed by atoms with Crippen molar-refractivity contribution in [2.75, 3.05) is 5.32 Å². The lowest BCUT2D eigenvalue weighted by Crippen LogP contribution is -2.19. The number of aromatic nitrogens is 2. The van der Waals surface area contributed by atoms with E-state index in [0.717, 1.165) is 23.5 Å². The summed E-state index contributed by atoms with van der Waals surface area (Å²) in [4.78, 5) is 8.93. The number of aryl methyl sites for hydroxylation is 2. The molecule has 1 aliphatic rings. The summed E-state index contributed by atoms with van der Waals surface area (Å²) in [5.41, 5.74) is 5.46. The molecule has 0 bridgehead atoms. The van der Waals surface area contributed by atoms with Crippen molar-refractivity contribution in [1.82, 2.24) is 15.3 Å². The third kappa shape index (κ3) is 3.42. The van der Waals surface area contributed by atoms with Gasteiger partial charge in [0.2, 0.25) is 5.95 Å². The van der Waals surface area contributed by atoms with E-state index in [4.69, 9.17) is 0 Å². The maximum Gasteiger partial charge on any atom is 0.227 e. The normalized spacial score (nSPS) is 17.0. The zero-order valence-corrected chi connectivity index (χ0v) is 13.9. The second kappa shape index (κ2) is 6.40. The first kappa shape index (κ1) is 14.9. The highest BCUT2D eigenvalue weighted by Gasteiger charge is 2.17. The van der Waals surface area contributed by atoms with Gasteiger partial charge in [0.15, 0.2) is 0 Å². The molecule has 4 nitrogen and oxygen atoms in total. The van der Waals surface area contributed by atoms with Crippen LogP contribution < -0.4 is 10.6 Å². The molecule has 0 fully saturated rings. The van der Waals surface area contributed by atoms with Crippen LogP contribution in [0.1, 0.15) is 30.2 Å². The molecule has 0 amide bonds. The van der Waals surface area contributed by atoms with E-state index in [-0.39, 0.29) is 0 Å². The number of anilines is 2. The topological polar surface area (TPSA) is 49.8 Å². The third-order valence-electron chi connectivity index (χ3n) is 3.45. The first-order valence-electron chi connectivity index (χ1n) is 7.45. The maximum atomic E-state index is 4.61. The van der Waals surface area contributed by atoms with E-state index in [9.17, 15) is 0 Å². The monoisotopic (exact) mass is 312 g/mol. The fourth-order valence-corrected chi connectivity index (χ4v) is 3.35. The molecule has 2 aromatic rings. The first-order valence-corrected chi connectivity index (χ1v) is 8.39. The molecule has 0 saturated carbocycles. The number of nitrogens with zero attached hydrogens (tertiary/aromatic N) is 2. The van der Waals surface area contributed by atoms with Crippen molar-refractivity contribution in [1.29, 1.82) is 0 Å². The summed E-state index contributed by atoms with van der Waals surface area (Å²) in [5, 5.41) is 9.34. The van der Waals surface area contributed by atoms with Crippen molar-refractivity contribution < 1.29 is 0 Å². The number of nitrogens with one attached hydrogen (secondary N) is 2. The van der Waals surface area contributed by atoms with E-state index in [0.29, 0.717) is 11.3 Å². The zero-order valence-electron chi connectivity index (χ0n) is 13.1. The molecule has 0 saturated heterocycles. The van der Waals surface area contributed by atoms with Crippen LogP contribution in [-0.2, 0) is 0 Å². The SMILES string of the molecule is CCC1NC(c2ccnc(Nc3cc(C)cc(C)c3)n2)=CS1. The van der Waals surface area contributed by atoms with Crippen LogP contribution in [0.15, 0.2) is 35.9 Å². The Morgan fingerprint density at radius 1 is 1.23 bits per heavy atom. The highest BCUT2D eigenvalue weighted by molar-refractivity contribution is 8.03. The molecule has 22 heavy (non-hydrogen) atoms. The van der Waals surface area contributed by atoms with Gasteiger partial charge in [-0.25, -0.2) is 9.97 Å². The van der Waals surface area contributed by atoms with Gasteiger partial charge in [-0.1, -0.05) is 13.0 Å². The Hall–Kier alpha value is -2.01. The van der Waals surface area contributed by atoms with Crippen molar-refractivity contribution in [2.24, 2.45) is 0 Å². The Labute approximate surface area is 135 Å². The van der Waals surface area contributed by atoms with Crippen LogP contribution >= 0.6 is 11.8 Å². The molecule has 1 atom stereocenters. The second-order valence-electron chi connectivity index (χ2n) is 5.48. The molecular formula is C17H20N4S. The molecule has 3 rings (SSSR count). The van der Waals surface area contributed by atoms with E-state index in [1.165, 1.54) is 11.1 Å². The van der Waals surface area contributed by atoms with E-state index in [1.54, 1.807) is 18.0 Å². The van der Waals surface area contributed by atoms with Gasteiger partial charge in [0.1, 0.15) is 0 Å². The molecule has 114 valence electrons. The number of benzene rings is 1. The van der Waals surface area contributed by atoms with Crippen LogP contribution in [0.2, 0.25) is 0 Å². The Morgan fingerprint density at radius 2 is 2.00 bits per heavy atom. The van der Waals surface area contributed by atoms with Crippen molar-refractivity contribution >= 4 is 29.1 Å². The minimum Gasteiger partial charge on any atom is -0.371 e. The maximum absolute atomic E-state index is 4.61. The summed E-state index contributed by atoms with van der Waals surface area (Å²) >= 11 is 1.81. The predicted molar refractivity (Wildman–Crippen MR) is 94.0 cm³/mol. The van der Waals surface area contributed by atoms with Gasteiger partial charge >= 0.3 is 0 Å². The largest absolute Gasteiger partial charge is 0.371 e. The molecule has 0 radical (unpaired) electrons. The molecule has 1 unspecified atom stereocenters. The lowest BCUT2D eigenvalue weighted by molar-refractivity contribution is 0.774. The highest BCUT2D eigenvalue weighted by Crippen LogP contribution is 2.28. The molecule has 1 aromatic heterocycles. The van der Waals surface area contributed by atoms with Gasteiger partial charge in [0.05, 0.1) is 16.8 Å². The number of hydrogen-bond donors (Lipinski definition) is 2. The second-order valence-corrected chi connectivity index (χ2v) is 6.55. The third-order valence-corrected chi connectivity index (χ3v) is 4.60. The van der Waals surface area contributed by atoms with Crippen molar-refractivity contribution in [3.63, 3.8) is 0 Å². The number of rotatable bonds is 4. The van der Waals surface area contributed by atoms with Gasteiger partial charge in [-0.3, -0.25) is 0 Å². The standard InChI is InChI=1S/C17H20N4S/c1-4-16-20-15(10-22-16)14-5-6-18-17(21-14)19-13-8-11(2)7-12(3)9-13/h5-10,16,20H,4H2,1-3H3,(H,18,19,21). The van der Waals surface area contributed by atoms with E-state index < -0.39 is 0 Å². The molecule has 0 aliphatic carbocycles. The predicted octanol–water partition coefficient (Wildman–Crippen LogP) is 4.21. The van der Waals surface area contributed by atoms with Crippen LogP contribution in [0.25, 0.3) is 5.70 Å². The Balaban J connectivity index is 1.80. The van der Waals surface area contributed by atoms with Crippen LogP contribution in [0.4, 0.5) is 11.6 Å². The van der Waals surface area contributed by atoms with E-state index >= 15 is 0 Å². The van der Waals surface area contributed by atoms with Gasteiger partial charge in [-0.15, -0.1) is 11.8 Å². The molecule has 1 aliphatic heterocycles. The van der Waals surface area contributed by atoms with Gasteiger partial charge in [-0.2, -0.15) is 0 Å². The lowest BCUT2D eigenvalue weighted by atomic mass is 10.1. The van der Waals surface area contributed by atoms with Crippen molar-refractivity contribution in [3.8, 4) is 0 Å². The molecule has 2 N–H and O–H groups in total. The average molecular weight is 312 g/mol. The van der Waals surface area contributed by atoms with E-state index in [1.807, 2.05) is 6.07 Å². The summed E-state index contributed by atoms with van der Waals surface area (Å²) in [6.45, 7) is 6.35. The molecule has 0 spiro atoms. The minimum atomic E-state index is 0.445. The quantitative estimate of drug-likeness (QED) is 0.886. The van der Waals surface area contributed by atoms with Gasteiger partial charge in [0, 0.05) is 11.9 Å². The van der Waals surface area contributed by atoms with Crippen LogP contribution in [-0.4, -0.2) is 15.3 Å². The Kier molecular flexibility index (Phi) is 4.34. The summed E-state index contributed by atoms with van der Waals surface area (Å²) in [7, 11) is 0. The van der Waals surface area contributed by atoms with Crippen LogP contribution in [0.5, 0.6) is 0 Å². The summed E-state index contributed by atoms with van der Waals surface area (Å²) in [6.07, 6.45) is 2.88. The fourth-order valence-electron chi connectivity index (χ4n) is 2.47. The summed E-state index contributed by atoms with van der Waals surface area (Å²) < 4.78 is 0. The van der Waals surface area contributed by atoms with Gasteiger partial charge < -0.3 is 10.6 Å². The first-order chi connectivity index (χ1) is 10.6. The van der Waals surface area contributed by atoms with Gasteiger partial charge in [0.25, 0.3) is 0 Å². The molecule has 2 heterocycles. The molecule has 1 aromatic carbocycles. The highest BCUT2D eigenvalue weighted by atomic mass is 32.2. The van der Waals surface area contributed by atoms with E-state index in [2.05, 4.69) is 65.0 Å². The van der Waals surface area contributed by atoms with Gasteiger partial charge in [-0.05, 0) is 55.0 Å². The number of hydrogen-bond acceptors (Lipinski definition) is 5. The Bertz CT molecular complexity index is 691. The van der Waals surface area contributed by atoms with Crippen LogP contribution in [0.3, 0.4) is 0 Å². The molecular weight excluding hydrogens is 292 g/mol. The van der Waals surface area contributed by atoms with Crippen molar-refractivity contribution in [3.05, 3.63) is 52.7 Å². The smallest absolute Gasteiger partial charge is 0.227 e. The minimum absolute atomic E-state index is 0.445. The molecule has 5 heteroatoms. The fraction of sp³-hybridized carbons (Fsp3) is 0.294. The average Bonchev–Trinajstić information content (AvgIpc) is 2.95. The van der Waals surface area contributed by atoms with Crippen molar-refractivity contribution in [2.45, 2.75) is 32.6 Å². The Morgan fingerprint density at radius 3 is 2.68 bits per heavy atom. The summed E-state index contributed by atoms with van der Waals surface area (Å²) in [5.74, 6) is 0.621. The number of thioether (sulfide) groups is 1. The lowest BCUT2D eigenvalue weighted by Gasteiger charge is -2.11. The zero-order chi connectivity index (χ0) is 15.5.